The lowest BCUT2D eigenvalue weighted by Crippen LogP contribution is -2.41. The van der Waals surface area contributed by atoms with E-state index < -0.39 is 0 Å². The van der Waals surface area contributed by atoms with Crippen molar-refractivity contribution in [2.24, 2.45) is 18.9 Å². The molecule has 1 N–H and O–H groups in total. The van der Waals surface area contributed by atoms with Crippen molar-refractivity contribution in [1.29, 1.82) is 0 Å². The molecule has 0 aliphatic heterocycles. The molecule has 2 aromatic heterocycles. The van der Waals surface area contributed by atoms with Gasteiger partial charge in [0.25, 0.3) is 5.56 Å². The van der Waals surface area contributed by atoms with E-state index in [1.165, 1.54) is 9.13 Å². The van der Waals surface area contributed by atoms with Crippen LogP contribution in [0, 0.1) is 11.8 Å². The molecule has 180 valence electrons. The van der Waals surface area contributed by atoms with E-state index in [2.05, 4.69) is 10.3 Å². The minimum Gasteiger partial charge on any atom is -0.497 e. The molecule has 5 rings (SSSR count). The summed E-state index contributed by atoms with van der Waals surface area (Å²) in [7, 11) is 3.23. The third-order valence-corrected chi connectivity index (χ3v) is 7.09. The van der Waals surface area contributed by atoms with Crippen molar-refractivity contribution < 1.29 is 9.53 Å². The van der Waals surface area contributed by atoms with Crippen LogP contribution in [-0.4, -0.2) is 27.1 Å². The summed E-state index contributed by atoms with van der Waals surface area (Å²) in [4.78, 5) is 43.3. The first-order valence-corrected chi connectivity index (χ1v) is 11.9. The molecule has 0 radical (unpaired) electrons. The van der Waals surface area contributed by atoms with Crippen LogP contribution in [-0.2, 0) is 18.4 Å². The molecule has 0 atom stereocenters. The molecule has 2 heterocycles. The topological polar surface area (TPSA) is 95.2 Å². The lowest BCUT2D eigenvalue weighted by atomic mass is 9.81. The molecule has 8 nitrogen and oxygen atoms in total. The number of nitrogens with zero attached hydrogens (tertiary/aromatic N) is 3. The molecule has 1 saturated carbocycles. The Bertz CT molecular complexity index is 1530. The van der Waals surface area contributed by atoms with Crippen molar-refractivity contribution in [3.63, 3.8) is 0 Å². The summed E-state index contributed by atoms with van der Waals surface area (Å²) in [5, 5.41) is 4.48. The van der Waals surface area contributed by atoms with Crippen molar-refractivity contribution in [2.45, 2.75) is 32.2 Å². The number of ether oxygens (including phenoxy) is 1. The molecule has 1 amide bonds. The SMILES string of the molecule is COc1ccc2c(c1)c(=O)n(C[C@H]1CC[C@H](C(=O)Nc3ccc4ncccc4c3)CC1)c(=O)n2C. The molecule has 0 spiro atoms. The number of anilines is 1. The monoisotopic (exact) mass is 472 g/mol. The lowest BCUT2D eigenvalue weighted by Gasteiger charge is -2.28. The van der Waals surface area contributed by atoms with Gasteiger partial charge in [-0.3, -0.25) is 23.7 Å². The van der Waals surface area contributed by atoms with Gasteiger partial charge in [-0.25, -0.2) is 4.79 Å². The highest BCUT2D eigenvalue weighted by Gasteiger charge is 2.27. The van der Waals surface area contributed by atoms with Crippen LogP contribution in [0.4, 0.5) is 5.69 Å². The van der Waals surface area contributed by atoms with Crippen LogP contribution in [0.15, 0.2) is 64.3 Å². The Balaban J connectivity index is 1.27. The molecule has 0 bridgehead atoms. The summed E-state index contributed by atoms with van der Waals surface area (Å²) in [6, 6.07) is 14.7. The average Bonchev–Trinajstić information content (AvgIpc) is 2.89. The van der Waals surface area contributed by atoms with E-state index in [0.717, 1.165) is 42.3 Å². The van der Waals surface area contributed by atoms with E-state index in [0.29, 0.717) is 23.2 Å². The standard InChI is InChI=1S/C27H28N4O4/c1-30-24-12-10-21(35-2)15-22(24)26(33)31(27(30)34)16-17-5-7-18(8-6-17)25(32)29-20-9-11-23-19(14-20)4-3-13-28-23/h3-4,9-15,17-18H,5-8,16H2,1-2H3,(H,29,32)/t17-,18-. The fourth-order valence-electron chi connectivity index (χ4n) is 5.05. The molecule has 35 heavy (non-hydrogen) atoms. The number of nitrogens with one attached hydrogen (secondary N) is 1. The Morgan fingerprint density at radius 2 is 1.89 bits per heavy atom. The highest BCUT2D eigenvalue weighted by molar-refractivity contribution is 5.95. The van der Waals surface area contributed by atoms with E-state index in [9.17, 15) is 14.4 Å². The summed E-state index contributed by atoms with van der Waals surface area (Å²) in [5.41, 5.74) is 1.62. The quantitative estimate of drug-likeness (QED) is 0.478. The Labute approximate surface area is 202 Å². The van der Waals surface area contributed by atoms with Crippen LogP contribution >= 0.6 is 0 Å². The second-order valence-electron chi connectivity index (χ2n) is 9.26. The van der Waals surface area contributed by atoms with E-state index in [1.54, 1.807) is 38.6 Å². The zero-order chi connectivity index (χ0) is 24.5. The number of methoxy groups -OCH3 is 1. The third kappa shape index (κ3) is 4.43. The van der Waals surface area contributed by atoms with Gasteiger partial charge in [-0.1, -0.05) is 6.07 Å². The van der Waals surface area contributed by atoms with Crippen molar-refractivity contribution in [1.82, 2.24) is 14.1 Å². The van der Waals surface area contributed by atoms with Gasteiger partial charge in [-0.2, -0.15) is 0 Å². The van der Waals surface area contributed by atoms with E-state index in [-0.39, 0.29) is 29.0 Å². The first-order valence-electron chi connectivity index (χ1n) is 11.9. The first kappa shape index (κ1) is 22.8. The smallest absolute Gasteiger partial charge is 0.331 e. The summed E-state index contributed by atoms with van der Waals surface area (Å²) in [6.07, 6.45) is 4.76. The predicted octanol–water partition coefficient (Wildman–Crippen LogP) is 3.70. The molecule has 1 aliphatic carbocycles. The maximum atomic E-state index is 13.1. The molecule has 0 unspecified atom stereocenters. The molecule has 0 saturated heterocycles. The fourth-order valence-corrected chi connectivity index (χ4v) is 5.05. The van der Waals surface area contributed by atoms with Gasteiger partial charge in [0.2, 0.25) is 5.91 Å². The third-order valence-electron chi connectivity index (χ3n) is 7.09. The Morgan fingerprint density at radius 1 is 1.09 bits per heavy atom. The Hall–Kier alpha value is -3.94. The maximum Gasteiger partial charge on any atom is 0.331 e. The number of aryl methyl sites for hydroxylation is 1. The predicted molar refractivity (Wildman–Crippen MR) is 136 cm³/mol. The largest absolute Gasteiger partial charge is 0.497 e. The van der Waals surface area contributed by atoms with Gasteiger partial charge in [0.15, 0.2) is 0 Å². The maximum absolute atomic E-state index is 13.1. The first-order chi connectivity index (χ1) is 16.9. The van der Waals surface area contributed by atoms with E-state index >= 15 is 0 Å². The number of pyridine rings is 1. The van der Waals surface area contributed by atoms with Gasteiger partial charge in [-0.15, -0.1) is 0 Å². The van der Waals surface area contributed by atoms with Crippen molar-refractivity contribution in [3.8, 4) is 5.75 Å². The van der Waals surface area contributed by atoms with Crippen LogP contribution in [0.3, 0.4) is 0 Å². The number of hydrogen-bond acceptors (Lipinski definition) is 5. The van der Waals surface area contributed by atoms with Crippen molar-refractivity contribution >= 4 is 33.4 Å². The number of amides is 1. The van der Waals surface area contributed by atoms with E-state index in [4.69, 9.17) is 4.74 Å². The molecule has 8 heteroatoms. The van der Waals surface area contributed by atoms with Crippen LogP contribution in [0.5, 0.6) is 5.75 Å². The van der Waals surface area contributed by atoms with Crippen LogP contribution < -0.4 is 21.3 Å². The Morgan fingerprint density at radius 3 is 2.66 bits per heavy atom. The zero-order valence-corrected chi connectivity index (χ0v) is 19.9. The zero-order valence-electron chi connectivity index (χ0n) is 19.9. The number of benzene rings is 2. The number of aromatic nitrogens is 3. The summed E-state index contributed by atoms with van der Waals surface area (Å²) in [5.74, 6) is 0.669. The van der Waals surface area contributed by atoms with Gasteiger partial charge in [0.1, 0.15) is 5.75 Å². The summed E-state index contributed by atoms with van der Waals surface area (Å²) < 4.78 is 8.10. The van der Waals surface area contributed by atoms with Gasteiger partial charge < -0.3 is 10.1 Å². The fraction of sp³-hybridized carbons (Fsp3) is 0.333. The van der Waals surface area contributed by atoms with Gasteiger partial charge in [0.05, 0.1) is 23.5 Å². The molecule has 1 fully saturated rings. The molecule has 2 aromatic carbocycles. The van der Waals surface area contributed by atoms with Gasteiger partial charge in [0, 0.05) is 36.8 Å². The van der Waals surface area contributed by atoms with Gasteiger partial charge >= 0.3 is 5.69 Å². The lowest BCUT2D eigenvalue weighted by molar-refractivity contribution is -0.121. The summed E-state index contributed by atoms with van der Waals surface area (Å²) >= 11 is 0. The minimum absolute atomic E-state index is 0.0116. The molecular weight excluding hydrogens is 444 g/mol. The van der Waals surface area contributed by atoms with E-state index in [1.807, 2.05) is 30.3 Å². The van der Waals surface area contributed by atoms with Crippen LogP contribution in [0.2, 0.25) is 0 Å². The molecule has 4 aromatic rings. The number of carbonyl (C=O) groups is 1. The second-order valence-corrected chi connectivity index (χ2v) is 9.26. The number of hydrogen-bond donors (Lipinski definition) is 1. The van der Waals surface area contributed by atoms with Gasteiger partial charge in [-0.05, 0) is 74.1 Å². The normalized spacial score (nSPS) is 18.0. The Kier molecular flexibility index (Phi) is 6.11. The van der Waals surface area contributed by atoms with Crippen molar-refractivity contribution in [3.05, 3.63) is 75.6 Å². The number of rotatable bonds is 5. The minimum atomic E-state index is -0.321. The van der Waals surface area contributed by atoms with Crippen LogP contribution in [0.1, 0.15) is 25.7 Å². The van der Waals surface area contributed by atoms with Crippen LogP contribution in [0.25, 0.3) is 21.8 Å². The number of carbonyl (C=O) groups excluding carboxylic acids is 1. The average molecular weight is 473 g/mol. The highest BCUT2D eigenvalue weighted by atomic mass is 16.5. The highest BCUT2D eigenvalue weighted by Crippen LogP contribution is 2.31. The molecular formula is C27H28N4O4. The second kappa shape index (κ2) is 9.37. The van der Waals surface area contributed by atoms with Crippen molar-refractivity contribution in [2.75, 3.05) is 12.4 Å². The summed E-state index contributed by atoms with van der Waals surface area (Å²) in [6.45, 7) is 0.352. The number of fused-ring (bicyclic) bond motifs is 2. The molecule has 1 aliphatic rings.